The van der Waals surface area contributed by atoms with Crippen molar-refractivity contribution in [3.8, 4) is 0 Å². The van der Waals surface area contributed by atoms with Crippen LogP contribution in [-0.4, -0.2) is 117 Å². The lowest BCUT2D eigenvalue weighted by molar-refractivity contribution is -0.265. The second kappa shape index (κ2) is 23.6. The van der Waals surface area contributed by atoms with Crippen LogP contribution in [0.3, 0.4) is 0 Å². The SMILES string of the molecule is CO[C@H]1C[C@@H]2CC[C@@H](C)[C@@](O)(O2)C(=O)C(=O)N2CCCC[C@H]2C(=O)O[C@H]([C@H](C)CC2CCC(O)CC2)CC(=O)[C@H](C)/C=C(\C)[C@@H](O)[C@@H](O)C(=O)[C@H](C)C[C@H](C)/C=C/C=CC=C1C. The fraction of sp³-hybridized carbons (Fsp3) is 0.735. The summed E-state index contributed by atoms with van der Waals surface area (Å²) in [5.74, 6) is -8.23. The third kappa shape index (κ3) is 13.6. The van der Waals surface area contributed by atoms with E-state index in [1.54, 1.807) is 34.8 Å². The molecule has 1 amide bonds. The number of carbonyl (C=O) groups excluding carboxylic acids is 5. The fourth-order valence-electron chi connectivity index (χ4n) is 9.61. The van der Waals surface area contributed by atoms with Crippen molar-refractivity contribution in [3.63, 3.8) is 0 Å². The molecule has 0 radical (unpaired) electrons. The fourth-order valence-corrected chi connectivity index (χ4v) is 9.61. The number of hydrogen-bond acceptors (Lipinski definition) is 12. The largest absolute Gasteiger partial charge is 0.460 e. The second-order valence-corrected chi connectivity index (χ2v) is 19.0. The van der Waals surface area contributed by atoms with Crippen LogP contribution in [0.25, 0.3) is 0 Å². The Morgan fingerprint density at radius 1 is 0.855 bits per heavy atom. The number of allylic oxidation sites excluding steroid dienone is 6. The zero-order valence-electron chi connectivity index (χ0n) is 38.4. The molecule has 2 saturated heterocycles. The first kappa shape index (κ1) is 51.3. The summed E-state index contributed by atoms with van der Waals surface area (Å²) in [6.07, 6.45) is 11.8. The minimum Gasteiger partial charge on any atom is -0.460 e. The number of nitrogens with zero attached hydrogens (tertiary/aromatic N) is 1. The maximum Gasteiger partial charge on any atom is 0.329 e. The molecule has 62 heavy (non-hydrogen) atoms. The van der Waals surface area contributed by atoms with E-state index < -0.39 is 83.5 Å². The van der Waals surface area contributed by atoms with E-state index in [9.17, 15) is 44.4 Å². The predicted molar refractivity (Wildman–Crippen MR) is 234 cm³/mol. The summed E-state index contributed by atoms with van der Waals surface area (Å²) >= 11 is 0. The molecule has 4 aliphatic rings. The van der Waals surface area contributed by atoms with Crippen molar-refractivity contribution >= 4 is 29.2 Å². The molecule has 1 saturated carbocycles. The highest BCUT2D eigenvalue weighted by Crippen LogP contribution is 2.37. The van der Waals surface area contributed by atoms with Crippen molar-refractivity contribution in [1.82, 2.24) is 4.90 Å². The van der Waals surface area contributed by atoms with Gasteiger partial charge in [-0.2, -0.15) is 0 Å². The number of fused-ring (bicyclic) bond motifs is 3. The number of aliphatic hydroxyl groups excluding tert-OH is 3. The van der Waals surface area contributed by atoms with Gasteiger partial charge in [-0.25, -0.2) is 4.79 Å². The van der Waals surface area contributed by atoms with Crippen LogP contribution in [0.4, 0.5) is 0 Å². The Labute approximate surface area is 369 Å². The summed E-state index contributed by atoms with van der Waals surface area (Å²) in [4.78, 5) is 70.9. The molecule has 4 rings (SSSR count). The number of ketones is 3. The molecule has 13 nitrogen and oxygen atoms in total. The lowest BCUT2D eigenvalue weighted by Gasteiger charge is -2.42. The van der Waals surface area contributed by atoms with Gasteiger partial charge in [0.05, 0.1) is 18.3 Å². The number of esters is 1. The van der Waals surface area contributed by atoms with Crippen molar-refractivity contribution in [3.05, 3.63) is 47.6 Å². The number of amides is 1. The Bertz CT molecular complexity index is 1680. The van der Waals surface area contributed by atoms with Gasteiger partial charge in [-0.05, 0) is 113 Å². The normalized spacial score (nSPS) is 39.2. The van der Waals surface area contributed by atoms with Gasteiger partial charge in [-0.15, -0.1) is 0 Å². The quantitative estimate of drug-likeness (QED) is 0.149. The Kier molecular flexibility index (Phi) is 19.5. The summed E-state index contributed by atoms with van der Waals surface area (Å²) in [7, 11) is 1.57. The molecule has 0 unspecified atom stereocenters. The maximum atomic E-state index is 14.2. The highest BCUT2D eigenvalue weighted by Gasteiger charge is 2.53. The van der Waals surface area contributed by atoms with E-state index in [1.807, 2.05) is 51.2 Å². The van der Waals surface area contributed by atoms with Crippen molar-refractivity contribution < 1.29 is 58.6 Å². The number of rotatable bonds is 4. The highest BCUT2D eigenvalue weighted by molar-refractivity contribution is 6.39. The topological polar surface area (TPSA) is 197 Å². The van der Waals surface area contributed by atoms with E-state index in [0.717, 1.165) is 18.4 Å². The smallest absolute Gasteiger partial charge is 0.329 e. The lowest BCUT2D eigenvalue weighted by atomic mass is 9.79. The Morgan fingerprint density at radius 3 is 2.23 bits per heavy atom. The molecule has 13 heteroatoms. The minimum atomic E-state index is -2.42. The van der Waals surface area contributed by atoms with E-state index in [2.05, 4.69) is 0 Å². The van der Waals surface area contributed by atoms with Crippen LogP contribution >= 0.6 is 0 Å². The first-order valence-electron chi connectivity index (χ1n) is 23.1. The van der Waals surface area contributed by atoms with Crippen molar-refractivity contribution in [1.29, 1.82) is 0 Å². The first-order chi connectivity index (χ1) is 29.3. The average molecular weight is 870 g/mol. The van der Waals surface area contributed by atoms with Crippen LogP contribution in [0.15, 0.2) is 47.6 Å². The summed E-state index contributed by atoms with van der Waals surface area (Å²) in [5.41, 5.74) is 1.13. The number of aliphatic hydroxyl groups is 4. The third-order valence-corrected chi connectivity index (χ3v) is 13.9. The predicted octanol–water partition coefficient (Wildman–Crippen LogP) is 5.90. The monoisotopic (exact) mass is 870 g/mol. The molecule has 0 aromatic carbocycles. The molecule has 348 valence electrons. The average Bonchev–Trinajstić information content (AvgIpc) is 3.25. The van der Waals surface area contributed by atoms with E-state index in [1.165, 1.54) is 11.0 Å². The molecule has 2 bridgehead atoms. The molecule has 0 aromatic heterocycles. The van der Waals surface area contributed by atoms with Crippen LogP contribution in [0.5, 0.6) is 0 Å². The molecular formula is C49H75NO12. The molecule has 3 heterocycles. The van der Waals surface area contributed by atoms with Gasteiger partial charge in [-0.1, -0.05) is 71.1 Å². The molecule has 4 N–H and O–H groups in total. The summed E-state index contributed by atoms with van der Waals surface area (Å²) < 4.78 is 18.1. The van der Waals surface area contributed by atoms with Gasteiger partial charge in [0.2, 0.25) is 5.79 Å². The van der Waals surface area contributed by atoms with Crippen LogP contribution in [0.2, 0.25) is 0 Å². The van der Waals surface area contributed by atoms with Gasteiger partial charge in [0.1, 0.15) is 30.1 Å². The van der Waals surface area contributed by atoms with Gasteiger partial charge in [0.15, 0.2) is 5.78 Å². The third-order valence-electron chi connectivity index (χ3n) is 13.9. The van der Waals surface area contributed by atoms with E-state index in [0.29, 0.717) is 57.8 Å². The van der Waals surface area contributed by atoms with Crippen molar-refractivity contribution in [2.45, 2.75) is 180 Å². The van der Waals surface area contributed by atoms with Crippen LogP contribution in [0.1, 0.15) is 132 Å². The number of hydrogen-bond donors (Lipinski definition) is 4. The molecule has 0 spiro atoms. The molecular weight excluding hydrogens is 795 g/mol. The molecule has 1 aliphatic carbocycles. The zero-order chi connectivity index (χ0) is 45.9. The molecule has 12 atom stereocenters. The summed E-state index contributed by atoms with van der Waals surface area (Å²) in [5, 5.41) is 44.1. The number of piperidine rings is 1. The number of ether oxygens (including phenoxy) is 3. The van der Waals surface area contributed by atoms with Gasteiger partial charge in [-0.3, -0.25) is 19.2 Å². The van der Waals surface area contributed by atoms with Crippen LogP contribution in [0, 0.1) is 35.5 Å². The Balaban J connectivity index is 1.68. The summed E-state index contributed by atoms with van der Waals surface area (Å²) in [6, 6.07) is -1.13. The Hall–Kier alpha value is -3.33. The van der Waals surface area contributed by atoms with Gasteiger partial charge in [0.25, 0.3) is 11.7 Å². The molecule has 3 aliphatic heterocycles. The standard InChI is InChI=1S/C49H75NO12/c1-29-14-10-9-11-15-30(2)41(60-8)27-38-22-17-35(7)49(59,62-38)46(56)47(57)50-23-13-12-16-39(50)48(58)61-42(32(4)26-36-18-20-37(51)21-19-36)28-40(52)31(3)25-34(6)44(54)45(55)43(53)33(5)24-29/h9-11,14-15,25,29,31-33,35-39,41-42,44-45,51,54-55,59H,12-13,16-24,26-28H2,1-8H3/b11-9?,14-10+,30-15?,34-25+/t29-,31-,32-,33-,35-,36?,37?,38+,39+,41+,42+,44-,45+,49-/m1/s1. The van der Waals surface area contributed by atoms with Gasteiger partial charge < -0.3 is 39.5 Å². The van der Waals surface area contributed by atoms with Crippen LogP contribution < -0.4 is 0 Å². The molecule has 0 aromatic rings. The van der Waals surface area contributed by atoms with Gasteiger partial charge >= 0.3 is 5.97 Å². The van der Waals surface area contributed by atoms with Crippen molar-refractivity contribution in [2.24, 2.45) is 35.5 Å². The first-order valence-corrected chi connectivity index (χ1v) is 23.1. The van der Waals surface area contributed by atoms with Crippen LogP contribution in [-0.2, 0) is 38.2 Å². The zero-order valence-corrected chi connectivity index (χ0v) is 38.4. The Morgan fingerprint density at radius 2 is 1.55 bits per heavy atom. The lowest BCUT2D eigenvalue weighted by Crippen LogP contribution is -2.61. The minimum absolute atomic E-state index is 0.0286. The second-order valence-electron chi connectivity index (χ2n) is 19.0. The maximum absolute atomic E-state index is 14.2. The number of methoxy groups -OCH3 is 1. The highest BCUT2D eigenvalue weighted by atomic mass is 16.6. The van der Waals surface area contributed by atoms with E-state index in [-0.39, 0.29) is 54.6 Å². The molecule has 3 fully saturated rings. The van der Waals surface area contributed by atoms with Crippen molar-refractivity contribution in [2.75, 3.05) is 13.7 Å². The summed E-state index contributed by atoms with van der Waals surface area (Å²) in [6.45, 7) is 12.5. The van der Waals surface area contributed by atoms with E-state index in [4.69, 9.17) is 14.2 Å². The van der Waals surface area contributed by atoms with Gasteiger partial charge in [0, 0.05) is 44.2 Å². The number of Topliss-reactive ketones (excluding diaryl/α,β-unsaturated/α-hetero) is 3. The number of carbonyl (C=O) groups is 5. The van der Waals surface area contributed by atoms with E-state index >= 15 is 0 Å². The number of cyclic esters (lactones) is 1.